The minimum Gasteiger partial charge on any atom is -0.392 e. The van der Waals surface area contributed by atoms with Gasteiger partial charge >= 0.3 is 0 Å². The fraction of sp³-hybridized carbons (Fsp3) is 0.529. The summed E-state index contributed by atoms with van der Waals surface area (Å²) in [4.78, 5) is 26.9. The molecule has 9 heteroatoms. The van der Waals surface area contributed by atoms with Gasteiger partial charge in [0.25, 0.3) is 0 Å². The SMILES string of the molecule is Cl.Cl.O=C([C@@H]1C[C@@H](O)CN1)N1CCC2(CC1)Nc1ccccc1NC2=O. The summed E-state index contributed by atoms with van der Waals surface area (Å²) >= 11 is 0. The summed E-state index contributed by atoms with van der Waals surface area (Å²) in [6.07, 6.45) is 1.17. The maximum absolute atomic E-state index is 12.6. The first kappa shape index (κ1) is 20.8. The van der Waals surface area contributed by atoms with Crippen LogP contribution in [0.2, 0.25) is 0 Å². The number of hydrogen-bond acceptors (Lipinski definition) is 5. The highest BCUT2D eigenvalue weighted by atomic mass is 35.5. The number of halogens is 2. The molecule has 2 amide bonds. The van der Waals surface area contributed by atoms with Crippen molar-refractivity contribution in [2.24, 2.45) is 0 Å². The molecule has 3 heterocycles. The molecule has 1 aromatic carbocycles. The van der Waals surface area contributed by atoms with Crippen LogP contribution in [0.15, 0.2) is 24.3 Å². The average Bonchev–Trinajstić information content (AvgIpc) is 3.02. The quantitative estimate of drug-likeness (QED) is 0.561. The topological polar surface area (TPSA) is 93.7 Å². The predicted octanol–water partition coefficient (Wildman–Crippen LogP) is 0.978. The standard InChI is InChI=1S/C17H22N4O3.2ClH/c22-11-9-14(18-10-11)15(23)21-7-5-17(6-8-21)16(24)19-12-3-1-2-4-13(12)20-17;;/h1-4,11,14,18,20,22H,5-10H2,(H,19,24);2*1H/t11-,14+;;/m1../s1. The highest BCUT2D eigenvalue weighted by Crippen LogP contribution is 2.36. The summed E-state index contributed by atoms with van der Waals surface area (Å²) in [5.41, 5.74) is 1.08. The van der Waals surface area contributed by atoms with Crippen LogP contribution >= 0.6 is 24.8 Å². The van der Waals surface area contributed by atoms with E-state index in [1.807, 2.05) is 24.3 Å². The van der Waals surface area contributed by atoms with Gasteiger partial charge in [-0.25, -0.2) is 0 Å². The molecule has 0 aliphatic carbocycles. The third kappa shape index (κ3) is 3.62. The van der Waals surface area contributed by atoms with Gasteiger partial charge in [0.05, 0.1) is 23.5 Å². The maximum atomic E-state index is 12.6. The smallest absolute Gasteiger partial charge is 0.250 e. The monoisotopic (exact) mass is 402 g/mol. The predicted molar refractivity (Wildman–Crippen MR) is 104 cm³/mol. The van der Waals surface area contributed by atoms with Gasteiger partial charge < -0.3 is 26.0 Å². The molecule has 0 radical (unpaired) electrons. The second-order valence-corrected chi connectivity index (χ2v) is 6.88. The van der Waals surface area contributed by atoms with Gasteiger partial charge in [-0.05, 0) is 31.4 Å². The van der Waals surface area contributed by atoms with E-state index in [9.17, 15) is 14.7 Å². The lowest BCUT2D eigenvalue weighted by Crippen LogP contribution is -2.60. The molecule has 1 spiro atoms. The number of hydrogen-bond donors (Lipinski definition) is 4. The fourth-order valence-corrected chi connectivity index (χ4v) is 3.84. The lowest BCUT2D eigenvalue weighted by atomic mass is 9.84. The zero-order valence-electron chi connectivity index (χ0n) is 14.2. The van der Waals surface area contributed by atoms with Gasteiger partial charge in [-0.2, -0.15) is 0 Å². The van der Waals surface area contributed by atoms with Gasteiger partial charge in [0, 0.05) is 19.6 Å². The van der Waals surface area contributed by atoms with E-state index in [2.05, 4.69) is 16.0 Å². The number of carbonyl (C=O) groups is 2. The Balaban J connectivity index is 0.00000121. The summed E-state index contributed by atoms with van der Waals surface area (Å²) in [5.74, 6) is 0.000676. The first-order valence-corrected chi connectivity index (χ1v) is 8.46. The van der Waals surface area contributed by atoms with Crippen molar-refractivity contribution in [3.63, 3.8) is 0 Å². The molecule has 4 rings (SSSR count). The number of rotatable bonds is 1. The molecule has 0 saturated carbocycles. The molecule has 0 aromatic heterocycles. The average molecular weight is 403 g/mol. The number of aliphatic hydroxyl groups excluding tert-OH is 1. The molecule has 2 atom stereocenters. The van der Waals surface area contributed by atoms with Gasteiger partial charge in [-0.15, -0.1) is 24.8 Å². The largest absolute Gasteiger partial charge is 0.392 e. The van der Waals surface area contributed by atoms with E-state index in [-0.39, 0.29) is 42.7 Å². The van der Waals surface area contributed by atoms with Crippen LogP contribution < -0.4 is 16.0 Å². The molecule has 0 unspecified atom stereocenters. The van der Waals surface area contributed by atoms with E-state index in [0.717, 1.165) is 11.4 Å². The number of fused-ring (bicyclic) bond motifs is 1. The van der Waals surface area contributed by atoms with E-state index in [0.29, 0.717) is 38.9 Å². The number of anilines is 2. The Hall–Kier alpha value is -1.54. The number of aliphatic hydroxyl groups is 1. The van der Waals surface area contributed by atoms with E-state index in [4.69, 9.17) is 0 Å². The summed E-state index contributed by atoms with van der Waals surface area (Å²) in [6.45, 7) is 1.54. The van der Waals surface area contributed by atoms with Gasteiger partial charge in [0.1, 0.15) is 5.54 Å². The van der Waals surface area contributed by atoms with Crippen molar-refractivity contribution >= 4 is 48.0 Å². The number of para-hydroxylation sites is 2. The number of nitrogens with zero attached hydrogens (tertiary/aromatic N) is 1. The third-order valence-electron chi connectivity index (χ3n) is 5.32. The lowest BCUT2D eigenvalue weighted by Gasteiger charge is -2.44. The molecule has 2 fully saturated rings. The van der Waals surface area contributed by atoms with Gasteiger partial charge in [0.2, 0.25) is 11.8 Å². The molecule has 26 heavy (non-hydrogen) atoms. The molecular weight excluding hydrogens is 379 g/mol. The van der Waals surface area contributed by atoms with Crippen molar-refractivity contribution in [2.45, 2.75) is 36.9 Å². The highest BCUT2D eigenvalue weighted by Gasteiger charge is 2.45. The minimum atomic E-state index is -0.645. The Labute approximate surface area is 164 Å². The molecule has 0 bridgehead atoms. The van der Waals surface area contributed by atoms with E-state index >= 15 is 0 Å². The molecule has 3 aliphatic rings. The zero-order valence-corrected chi connectivity index (χ0v) is 15.9. The number of β-amino-alcohol motifs (C(OH)–C–C–N with tert-alkyl or cyclic N) is 1. The van der Waals surface area contributed by atoms with Crippen molar-refractivity contribution in [3.8, 4) is 0 Å². The number of piperidine rings is 1. The Bertz CT molecular complexity index is 680. The van der Waals surface area contributed by atoms with Crippen molar-refractivity contribution < 1.29 is 14.7 Å². The lowest BCUT2D eigenvalue weighted by molar-refractivity contribution is -0.136. The van der Waals surface area contributed by atoms with E-state index in [1.165, 1.54) is 0 Å². The summed E-state index contributed by atoms with van der Waals surface area (Å²) in [5, 5.41) is 19.0. The van der Waals surface area contributed by atoms with Crippen LogP contribution in [0.5, 0.6) is 0 Å². The third-order valence-corrected chi connectivity index (χ3v) is 5.32. The van der Waals surface area contributed by atoms with Crippen LogP contribution in [0.25, 0.3) is 0 Å². The van der Waals surface area contributed by atoms with Gasteiger partial charge in [0.15, 0.2) is 0 Å². The Morgan fingerprint density at radius 2 is 1.81 bits per heavy atom. The molecule has 144 valence electrons. The Morgan fingerprint density at radius 1 is 1.15 bits per heavy atom. The second-order valence-electron chi connectivity index (χ2n) is 6.88. The van der Waals surface area contributed by atoms with Crippen LogP contribution in [-0.2, 0) is 9.59 Å². The number of nitrogens with one attached hydrogen (secondary N) is 3. The Kier molecular flexibility index (Phi) is 6.39. The molecule has 1 aromatic rings. The second kappa shape index (κ2) is 8.00. The first-order chi connectivity index (χ1) is 11.6. The van der Waals surface area contributed by atoms with E-state index in [1.54, 1.807) is 4.90 Å². The molecule has 7 nitrogen and oxygen atoms in total. The summed E-state index contributed by atoms with van der Waals surface area (Å²) < 4.78 is 0. The van der Waals surface area contributed by atoms with Crippen LogP contribution in [0.3, 0.4) is 0 Å². The summed E-state index contributed by atoms with van der Waals surface area (Å²) in [7, 11) is 0. The highest BCUT2D eigenvalue weighted by molar-refractivity contribution is 6.06. The molecule has 2 saturated heterocycles. The Morgan fingerprint density at radius 3 is 2.42 bits per heavy atom. The van der Waals surface area contributed by atoms with Gasteiger partial charge in [-0.1, -0.05) is 12.1 Å². The zero-order chi connectivity index (χ0) is 16.7. The van der Waals surface area contributed by atoms with Crippen molar-refractivity contribution in [1.29, 1.82) is 0 Å². The number of amides is 2. The summed E-state index contributed by atoms with van der Waals surface area (Å²) in [6, 6.07) is 7.36. The fourth-order valence-electron chi connectivity index (χ4n) is 3.84. The molecule has 3 aliphatic heterocycles. The van der Waals surface area contributed by atoms with Crippen molar-refractivity contribution in [3.05, 3.63) is 24.3 Å². The van der Waals surface area contributed by atoms with Crippen LogP contribution in [0.4, 0.5) is 11.4 Å². The van der Waals surface area contributed by atoms with Gasteiger partial charge in [-0.3, -0.25) is 9.59 Å². The number of likely N-dealkylation sites (tertiary alicyclic amines) is 1. The first-order valence-electron chi connectivity index (χ1n) is 8.46. The van der Waals surface area contributed by atoms with Crippen LogP contribution in [-0.4, -0.2) is 59.1 Å². The van der Waals surface area contributed by atoms with E-state index < -0.39 is 11.6 Å². The number of benzene rings is 1. The minimum absolute atomic E-state index is 0. The van der Waals surface area contributed by atoms with Crippen molar-refractivity contribution in [2.75, 3.05) is 30.3 Å². The van der Waals surface area contributed by atoms with Crippen LogP contribution in [0.1, 0.15) is 19.3 Å². The molecular formula is C17H24Cl2N4O3. The molecule has 4 N–H and O–H groups in total. The maximum Gasteiger partial charge on any atom is 0.250 e. The normalized spacial score (nSPS) is 26.0. The number of carbonyl (C=O) groups excluding carboxylic acids is 2. The van der Waals surface area contributed by atoms with Crippen molar-refractivity contribution in [1.82, 2.24) is 10.2 Å². The van der Waals surface area contributed by atoms with Crippen LogP contribution in [0, 0.1) is 0 Å².